The number of hydrogen-bond donors (Lipinski definition) is 2. The van der Waals surface area contributed by atoms with Crippen molar-refractivity contribution >= 4 is 5.97 Å². The second-order valence-electron chi connectivity index (χ2n) is 6.51. The van der Waals surface area contributed by atoms with Gasteiger partial charge in [-0.15, -0.1) is 0 Å². The van der Waals surface area contributed by atoms with Crippen LogP contribution in [0, 0.1) is 11.3 Å². The number of carboxylic acids is 1. The van der Waals surface area contributed by atoms with E-state index in [2.05, 4.69) is 0 Å². The van der Waals surface area contributed by atoms with Crippen LogP contribution in [0.3, 0.4) is 0 Å². The molecule has 0 amide bonds. The molecule has 0 unspecified atom stereocenters. The number of aliphatic hydroxyl groups is 1. The first-order chi connectivity index (χ1) is 7.73. The van der Waals surface area contributed by atoms with Gasteiger partial charge in [-0.25, -0.2) is 0 Å². The van der Waals surface area contributed by atoms with Crippen LogP contribution in [-0.4, -0.2) is 21.8 Å². The molecule has 1 rings (SSSR count). The van der Waals surface area contributed by atoms with Gasteiger partial charge in [-0.3, -0.25) is 4.79 Å². The van der Waals surface area contributed by atoms with E-state index in [4.69, 9.17) is 5.11 Å². The van der Waals surface area contributed by atoms with Crippen LogP contribution < -0.4 is 0 Å². The Hall–Kier alpha value is -0.570. The highest BCUT2D eigenvalue weighted by atomic mass is 16.4. The largest absolute Gasteiger partial charge is 0.481 e. The standard InChI is InChI=1S/C14H26O3/c1-13(2,17)8-4-5-11-6-9-14(3,10-7-11)12(15)16/h11,17H,4-10H2,1-3H3,(H,15,16). The molecule has 1 fully saturated rings. The van der Waals surface area contributed by atoms with Gasteiger partial charge in [0.15, 0.2) is 0 Å². The zero-order valence-corrected chi connectivity index (χ0v) is 11.3. The summed E-state index contributed by atoms with van der Waals surface area (Å²) in [5.41, 5.74) is -1.06. The topological polar surface area (TPSA) is 57.5 Å². The maximum atomic E-state index is 11.1. The maximum Gasteiger partial charge on any atom is 0.309 e. The molecule has 0 atom stereocenters. The number of aliphatic carboxylic acids is 1. The van der Waals surface area contributed by atoms with Gasteiger partial charge in [-0.2, -0.15) is 0 Å². The normalized spacial score (nSPS) is 30.2. The Kier molecular flexibility index (Phi) is 4.59. The Labute approximate surface area is 104 Å². The first kappa shape index (κ1) is 14.5. The van der Waals surface area contributed by atoms with Crippen molar-refractivity contribution < 1.29 is 15.0 Å². The highest BCUT2D eigenvalue weighted by Gasteiger charge is 2.37. The predicted molar refractivity (Wildman–Crippen MR) is 67.8 cm³/mol. The molecule has 1 saturated carbocycles. The van der Waals surface area contributed by atoms with Crippen molar-refractivity contribution in [2.24, 2.45) is 11.3 Å². The maximum absolute atomic E-state index is 11.1. The number of carboxylic acid groups (broad SMARTS) is 1. The van der Waals surface area contributed by atoms with Crippen LogP contribution in [0.25, 0.3) is 0 Å². The molecule has 0 heterocycles. The highest BCUT2D eigenvalue weighted by molar-refractivity contribution is 5.74. The molecule has 0 aromatic heterocycles. The number of rotatable bonds is 5. The van der Waals surface area contributed by atoms with E-state index in [0.29, 0.717) is 5.92 Å². The Morgan fingerprint density at radius 2 is 1.88 bits per heavy atom. The van der Waals surface area contributed by atoms with Gasteiger partial charge in [0.05, 0.1) is 11.0 Å². The van der Waals surface area contributed by atoms with E-state index < -0.39 is 17.0 Å². The summed E-state index contributed by atoms with van der Waals surface area (Å²) in [4.78, 5) is 11.1. The van der Waals surface area contributed by atoms with Gasteiger partial charge in [-0.1, -0.05) is 12.8 Å². The molecule has 3 heteroatoms. The van der Waals surface area contributed by atoms with E-state index in [1.54, 1.807) is 0 Å². The second kappa shape index (κ2) is 5.38. The average Bonchev–Trinajstić information content (AvgIpc) is 2.19. The van der Waals surface area contributed by atoms with Gasteiger partial charge in [0.25, 0.3) is 0 Å². The molecule has 0 aromatic rings. The minimum Gasteiger partial charge on any atom is -0.481 e. The van der Waals surface area contributed by atoms with Gasteiger partial charge in [-0.05, 0) is 58.8 Å². The molecule has 1 aliphatic carbocycles. The van der Waals surface area contributed by atoms with E-state index in [0.717, 1.165) is 44.9 Å². The second-order valence-corrected chi connectivity index (χ2v) is 6.51. The molecule has 1 aliphatic rings. The molecule has 0 aromatic carbocycles. The van der Waals surface area contributed by atoms with Crippen LogP contribution in [-0.2, 0) is 4.79 Å². The summed E-state index contributed by atoms with van der Waals surface area (Å²) in [7, 11) is 0. The van der Waals surface area contributed by atoms with E-state index in [1.165, 1.54) is 0 Å². The summed E-state index contributed by atoms with van der Waals surface area (Å²) in [6.07, 6.45) is 6.64. The fraction of sp³-hybridized carbons (Fsp3) is 0.929. The van der Waals surface area contributed by atoms with Crippen molar-refractivity contribution in [3.63, 3.8) is 0 Å². The Morgan fingerprint density at radius 1 is 1.35 bits per heavy atom. The van der Waals surface area contributed by atoms with Crippen LogP contribution in [0.2, 0.25) is 0 Å². The van der Waals surface area contributed by atoms with Crippen molar-refractivity contribution in [3.05, 3.63) is 0 Å². The van der Waals surface area contributed by atoms with Gasteiger partial charge in [0.1, 0.15) is 0 Å². The summed E-state index contributed by atoms with van der Waals surface area (Å²) < 4.78 is 0. The Balaban J connectivity index is 2.26. The van der Waals surface area contributed by atoms with Crippen LogP contribution in [0.4, 0.5) is 0 Å². The summed E-state index contributed by atoms with van der Waals surface area (Å²) >= 11 is 0. The smallest absolute Gasteiger partial charge is 0.309 e. The van der Waals surface area contributed by atoms with Crippen LogP contribution in [0.5, 0.6) is 0 Å². The molecule has 17 heavy (non-hydrogen) atoms. The quantitative estimate of drug-likeness (QED) is 0.778. The average molecular weight is 242 g/mol. The molecular formula is C14H26O3. The highest BCUT2D eigenvalue weighted by Crippen LogP contribution is 2.40. The lowest BCUT2D eigenvalue weighted by Crippen LogP contribution is -2.32. The van der Waals surface area contributed by atoms with E-state index in [9.17, 15) is 9.90 Å². The molecule has 3 nitrogen and oxygen atoms in total. The van der Waals surface area contributed by atoms with Gasteiger partial charge >= 0.3 is 5.97 Å². The Morgan fingerprint density at radius 3 is 2.29 bits per heavy atom. The summed E-state index contributed by atoms with van der Waals surface area (Å²) in [5, 5.41) is 18.8. The zero-order chi connectivity index (χ0) is 13.1. The molecule has 0 bridgehead atoms. The van der Waals surface area contributed by atoms with Gasteiger partial charge < -0.3 is 10.2 Å². The lowest BCUT2D eigenvalue weighted by molar-refractivity contribution is -0.150. The number of carbonyl (C=O) groups is 1. The van der Waals surface area contributed by atoms with Crippen molar-refractivity contribution in [1.82, 2.24) is 0 Å². The summed E-state index contributed by atoms with van der Waals surface area (Å²) in [6.45, 7) is 5.55. The van der Waals surface area contributed by atoms with E-state index >= 15 is 0 Å². The summed E-state index contributed by atoms with van der Waals surface area (Å²) in [6, 6.07) is 0. The molecular weight excluding hydrogens is 216 g/mol. The molecule has 0 aliphatic heterocycles. The Bertz CT molecular complexity index is 257. The SMILES string of the molecule is CC(C)(O)CCCC1CCC(C)(C(=O)O)CC1. The summed E-state index contributed by atoms with van der Waals surface area (Å²) in [5.74, 6) is 0.0113. The first-order valence-electron chi connectivity index (χ1n) is 6.69. The molecule has 0 spiro atoms. The zero-order valence-electron chi connectivity index (χ0n) is 11.3. The fourth-order valence-electron chi connectivity index (χ4n) is 2.64. The van der Waals surface area contributed by atoms with Crippen molar-refractivity contribution in [1.29, 1.82) is 0 Å². The third-order valence-corrected chi connectivity index (χ3v) is 4.13. The first-order valence-corrected chi connectivity index (χ1v) is 6.69. The van der Waals surface area contributed by atoms with Crippen molar-refractivity contribution in [2.45, 2.75) is 71.3 Å². The molecule has 0 saturated heterocycles. The third-order valence-electron chi connectivity index (χ3n) is 4.13. The molecule has 2 N–H and O–H groups in total. The van der Waals surface area contributed by atoms with Crippen molar-refractivity contribution in [3.8, 4) is 0 Å². The van der Waals surface area contributed by atoms with Gasteiger partial charge in [0.2, 0.25) is 0 Å². The minimum atomic E-state index is -0.646. The fourth-order valence-corrected chi connectivity index (χ4v) is 2.64. The van der Waals surface area contributed by atoms with Gasteiger partial charge in [0, 0.05) is 0 Å². The lowest BCUT2D eigenvalue weighted by Gasteiger charge is -2.34. The monoisotopic (exact) mass is 242 g/mol. The third kappa shape index (κ3) is 4.66. The number of hydrogen-bond acceptors (Lipinski definition) is 2. The van der Waals surface area contributed by atoms with Crippen molar-refractivity contribution in [2.75, 3.05) is 0 Å². The van der Waals surface area contributed by atoms with Crippen LogP contribution in [0.15, 0.2) is 0 Å². The van der Waals surface area contributed by atoms with Crippen LogP contribution >= 0.6 is 0 Å². The predicted octanol–water partition coefficient (Wildman–Crippen LogP) is 3.21. The molecule has 100 valence electrons. The van der Waals surface area contributed by atoms with Crippen LogP contribution in [0.1, 0.15) is 65.7 Å². The minimum absolute atomic E-state index is 0.493. The lowest BCUT2D eigenvalue weighted by atomic mass is 9.70. The molecule has 0 radical (unpaired) electrons. The van der Waals surface area contributed by atoms with E-state index in [1.807, 2.05) is 20.8 Å². The van der Waals surface area contributed by atoms with E-state index in [-0.39, 0.29) is 0 Å².